The molecule has 16 nitrogen and oxygen atoms in total. The van der Waals surface area contributed by atoms with Gasteiger partial charge in [0.05, 0.1) is 12.5 Å². The molecule has 0 bridgehead atoms. The zero-order valence-corrected chi connectivity index (χ0v) is 20.1. The van der Waals surface area contributed by atoms with Crippen molar-refractivity contribution in [1.82, 2.24) is 16.0 Å². The lowest BCUT2D eigenvalue weighted by Gasteiger charge is -2.25. The molecule has 0 radical (unpaired) electrons. The molecule has 0 aliphatic rings. The second kappa shape index (κ2) is 15.9. The summed E-state index contributed by atoms with van der Waals surface area (Å²) in [6.45, 7) is 3.51. The zero-order chi connectivity index (χ0) is 28.0. The molecule has 0 rings (SSSR count). The molecular formula is C20H35N7O9. The standard InChI is InChI=1S/C20H35N7O9/c1-9(2)15(21)18(34)26-10(4-3-7-24-20(22)23)16(32)25-11(5-6-13(28)29)17(33)27-12(19(35)36)8-14(30)31/h9-12,15H,3-8,21H2,1-2H3,(H,25,32)(H,26,34)(H,27,33)(H,28,29)(H,30,31)(H,35,36)(H4,22,23,24). The van der Waals surface area contributed by atoms with Gasteiger partial charge in [0.15, 0.2) is 5.96 Å². The highest BCUT2D eigenvalue weighted by molar-refractivity contribution is 5.94. The van der Waals surface area contributed by atoms with Crippen LogP contribution < -0.4 is 33.2 Å². The normalized spacial score (nSPS) is 14.0. The van der Waals surface area contributed by atoms with E-state index in [4.69, 9.17) is 32.5 Å². The Labute approximate surface area is 207 Å². The summed E-state index contributed by atoms with van der Waals surface area (Å²) in [6.07, 6.45) is -1.71. The first-order valence-electron chi connectivity index (χ1n) is 11.0. The topological polar surface area (TPSA) is 290 Å². The van der Waals surface area contributed by atoms with Gasteiger partial charge in [0.25, 0.3) is 0 Å². The summed E-state index contributed by atoms with van der Waals surface area (Å²) in [5.74, 6) is -7.51. The van der Waals surface area contributed by atoms with Crippen LogP contribution in [0.4, 0.5) is 0 Å². The number of hydrogen-bond donors (Lipinski definition) is 9. The molecule has 0 fully saturated rings. The molecule has 204 valence electrons. The lowest BCUT2D eigenvalue weighted by molar-refractivity contribution is -0.147. The van der Waals surface area contributed by atoms with Crippen LogP contribution in [0.5, 0.6) is 0 Å². The molecule has 4 unspecified atom stereocenters. The molecule has 0 aliphatic carbocycles. The minimum Gasteiger partial charge on any atom is -0.481 e. The van der Waals surface area contributed by atoms with Gasteiger partial charge in [-0.3, -0.25) is 29.0 Å². The average molecular weight is 518 g/mol. The smallest absolute Gasteiger partial charge is 0.326 e. The molecule has 0 aromatic rings. The Morgan fingerprint density at radius 1 is 0.778 bits per heavy atom. The molecule has 0 aliphatic heterocycles. The number of amides is 3. The average Bonchev–Trinajstić information content (AvgIpc) is 2.76. The van der Waals surface area contributed by atoms with Crippen LogP contribution in [0, 0.1) is 5.92 Å². The van der Waals surface area contributed by atoms with Gasteiger partial charge < -0.3 is 48.5 Å². The Bertz CT molecular complexity index is 843. The largest absolute Gasteiger partial charge is 0.481 e. The van der Waals surface area contributed by atoms with Crippen molar-refractivity contribution in [3.05, 3.63) is 0 Å². The molecule has 0 aromatic carbocycles. The number of nitrogens with one attached hydrogen (secondary N) is 3. The van der Waals surface area contributed by atoms with Crippen LogP contribution in [-0.4, -0.2) is 87.6 Å². The number of nitrogens with two attached hydrogens (primary N) is 3. The number of aliphatic imine (C=N–C) groups is 1. The third kappa shape index (κ3) is 13.1. The van der Waals surface area contributed by atoms with Gasteiger partial charge in [-0.25, -0.2) is 4.79 Å². The van der Waals surface area contributed by atoms with Crippen molar-refractivity contribution >= 4 is 41.6 Å². The van der Waals surface area contributed by atoms with Crippen molar-refractivity contribution in [3.8, 4) is 0 Å². The van der Waals surface area contributed by atoms with Crippen LogP contribution in [-0.2, 0) is 28.8 Å². The minimum atomic E-state index is -1.82. The van der Waals surface area contributed by atoms with E-state index in [1.807, 2.05) is 5.32 Å². The lowest BCUT2D eigenvalue weighted by atomic mass is 10.0. The molecular weight excluding hydrogens is 482 g/mol. The van der Waals surface area contributed by atoms with Gasteiger partial charge in [0.2, 0.25) is 17.7 Å². The molecule has 0 heterocycles. The van der Waals surface area contributed by atoms with Crippen LogP contribution in [0.3, 0.4) is 0 Å². The van der Waals surface area contributed by atoms with Crippen molar-refractivity contribution in [3.63, 3.8) is 0 Å². The minimum absolute atomic E-state index is 0.0171. The van der Waals surface area contributed by atoms with Gasteiger partial charge >= 0.3 is 17.9 Å². The van der Waals surface area contributed by atoms with E-state index in [0.29, 0.717) is 0 Å². The van der Waals surface area contributed by atoms with Crippen LogP contribution in [0.1, 0.15) is 46.0 Å². The lowest BCUT2D eigenvalue weighted by Crippen LogP contribution is -2.57. The van der Waals surface area contributed by atoms with Crippen LogP contribution in [0.25, 0.3) is 0 Å². The quantitative estimate of drug-likeness (QED) is 0.0526. The number of hydrogen-bond acceptors (Lipinski definition) is 8. The molecule has 16 heteroatoms. The van der Waals surface area contributed by atoms with E-state index in [0.717, 1.165) is 0 Å². The summed E-state index contributed by atoms with van der Waals surface area (Å²) in [6, 6.07) is -5.53. The molecule has 36 heavy (non-hydrogen) atoms. The van der Waals surface area contributed by atoms with Gasteiger partial charge in [0, 0.05) is 13.0 Å². The number of guanidine groups is 1. The van der Waals surface area contributed by atoms with E-state index >= 15 is 0 Å². The Balaban J connectivity index is 5.70. The predicted octanol–water partition coefficient (Wildman–Crippen LogP) is -3.10. The fourth-order valence-corrected chi connectivity index (χ4v) is 2.80. The number of carbonyl (C=O) groups excluding carboxylic acids is 3. The van der Waals surface area contributed by atoms with Crippen LogP contribution in [0.15, 0.2) is 4.99 Å². The fourth-order valence-electron chi connectivity index (χ4n) is 2.80. The summed E-state index contributed by atoms with van der Waals surface area (Å²) in [5.41, 5.74) is 16.3. The number of aliphatic carboxylic acids is 3. The van der Waals surface area contributed by atoms with E-state index < -0.39 is 79.1 Å². The molecule has 12 N–H and O–H groups in total. The number of nitrogens with zero attached hydrogens (tertiary/aromatic N) is 1. The fraction of sp³-hybridized carbons (Fsp3) is 0.650. The molecule has 0 saturated heterocycles. The van der Waals surface area contributed by atoms with Gasteiger partial charge in [-0.1, -0.05) is 13.8 Å². The van der Waals surface area contributed by atoms with Crippen molar-refractivity contribution in [1.29, 1.82) is 0 Å². The van der Waals surface area contributed by atoms with Gasteiger partial charge in [-0.05, 0) is 25.2 Å². The van der Waals surface area contributed by atoms with E-state index in [9.17, 15) is 28.8 Å². The Kier molecular flexibility index (Phi) is 14.1. The van der Waals surface area contributed by atoms with E-state index in [1.54, 1.807) is 13.8 Å². The maximum Gasteiger partial charge on any atom is 0.326 e. The first kappa shape index (κ1) is 32.0. The maximum absolute atomic E-state index is 13.0. The van der Waals surface area contributed by atoms with Crippen LogP contribution in [0.2, 0.25) is 0 Å². The number of carbonyl (C=O) groups is 6. The van der Waals surface area contributed by atoms with Gasteiger partial charge in [-0.15, -0.1) is 0 Å². The van der Waals surface area contributed by atoms with Crippen molar-refractivity contribution in [2.75, 3.05) is 6.54 Å². The Hall–Kier alpha value is -3.95. The van der Waals surface area contributed by atoms with Crippen LogP contribution >= 0.6 is 0 Å². The first-order valence-corrected chi connectivity index (χ1v) is 11.0. The van der Waals surface area contributed by atoms with E-state index in [-0.39, 0.29) is 31.3 Å². The molecule has 0 spiro atoms. The highest BCUT2D eigenvalue weighted by atomic mass is 16.4. The maximum atomic E-state index is 13.0. The number of carboxylic acid groups (broad SMARTS) is 3. The van der Waals surface area contributed by atoms with Crippen molar-refractivity contribution in [2.45, 2.75) is 70.1 Å². The number of rotatable bonds is 17. The monoisotopic (exact) mass is 517 g/mol. The van der Waals surface area contributed by atoms with Crippen molar-refractivity contribution in [2.24, 2.45) is 28.1 Å². The first-order chi connectivity index (χ1) is 16.6. The van der Waals surface area contributed by atoms with Gasteiger partial charge in [-0.2, -0.15) is 0 Å². The molecule has 3 amide bonds. The molecule has 4 atom stereocenters. The van der Waals surface area contributed by atoms with Gasteiger partial charge in [0.1, 0.15) is 18.1 Å². The zero-order valence-electron chi connectivity index (χ0n) is 20.1. The Morgan fingerprint density at radius 2 is 1.28 bits per heavy atom. The number of carboxylic acids is 3. The van der Waals surface area contributed by atoms with E-state index in [1.165, 1.54) is 0 Å². The summed E-state index contributed by atoms with van der Waals surface area (Å²) < 4.78 is 0. The highest BCUT2D eigenvalue weighted by Gasteiger charge is 2.31. The predicted molar refractivity (Wildman–Crippen MR) is 125 cm³/mol. The SMILES string of the molecule is CC(C)C(N)C(=O)NC(CCCN=C(N)N)C(=O)NC(CCC(=O)O)C(=O)NC(CC(=O)O)C(=O)O. The third-order valence-corrected chi connectivity index (χ3v) is 4.87. The third-order valence-electron chi connectivity index (χ3n) is 4.87. The Morgan fingerprint density at radius 3 is 1.72 bits per heavy atom. The molecule has 0 saturated carbocycles. The summed E-state index contributed by atoms with van der Waals surface area (Å²) in [4.78, 5) is 75.0. The van der Waals surface area contributed by atoms with E-state index in [2.05, 4.69) is 15.6 Å². The highest BCUT2D eigenvalue weighted by Crippen LogP contribution is 2.06. The summed E-state index contributed by atoms with van der Waals surface area (Å²) >= 11 is 0. The molecule has 0 aromatic heterocycles. The second-order valence-electron chi connectivity index (χ2n) is 8.27. The summed E-state index contributed by atoms with van der Waals surface area (Å²) in [5, 5.41) is 33.7. The van der Waals surface area contributed by atoms with Crippen molar-refractivity contribution < 1.29 is 44.1 Å². The summed E-state index contributed by atoms with van der Waals surface area (Å²) in [7, 11) is 0. The second-order valence-corrected chi connectivity index (χ2v) is 8.27.